The van der Waals surface area contributed by atoms with Gasteiger partial charge in [0.1, 0.15) is 5.75 Å². The largest absolute Gasteiger partial charge is 0.493 e. The van der Waals surface area contributed by atoms with Gasteiger partial charge < -0.3 is 10.1 Å². The molecule has 0 aliphatic heterocycles. The fourth-order valence-electron chi connectivity index (χ4n) is 1.48. The Morgan fingerprint density at radius 1 is 1.37 bits per heavy atom. The highest BCUT2D eigenvalue weighted by atomic mass is 79.9. The molecule has 0 atom stereocenters. The summed E-state index contributed by atoms with van der Waals surface area (Å²) >= 11 is 3.35. The predicted octanol–water partition coefficient (Wildman–Crippen LogP) is 2.59. The van der Waals surface area contributed by atoms with Gasteiger partial charge in [-0.3, -0.25) is 9.48 Å². The topological polar surface area (TPSA) is 56.2 Å². The van der Waals surface area contributed by atoms with E-state index >= 15 is 0 Å². The lowest BCUT2D eigenvalue weighted by Gasteiger charge is -2.06. The summed E-state index contributed by atoms with van der Waals surface area (Å²) in [5.74, 6) is 1.18. The Labute approximate surface area is 119 Å². The number of hydrogen-bond donors (Lipinski definition) is 1. The Morgan fingerprint density at radius 2 is 2.11 bits per heavy atom. The van der Waals surface area contributed by atoms with E-state index in [1.807, 2.05) is 24.3 Å². The van der Waals surface area contributed by atoms with E-state index < -0.39 is 0 Å². The summed E-state index contributed by atoms with van der Waals surface area (Å²) in [5.41, 5.74) is 0. The molecule has 2 rings (SSSR count). The second kappa shape index (κ2) is 6.38. The van der Waals surface area contributed by atoms with Crippen LogP contribution in [0.4, 0.5) is 5.82 Å². The van der Waals surface area contributed by atoms with Crippen LogP contribution in [0.5, 0.6) is 5.75 Å². The molecule has 0 unspecified atom stereocenters. The van der Waals surface area contributed by atoms with Crippen LogP contribution < -0.4 is 10.1 Å². The minimum absolute atomic E-state index is 0.115. The summed E-state index contributed by atoms with van der Waals surface area (Å²) in [5, 5.41) is 6.77. The third-order valence-corrected chi connectivity index (χ3v) is 2.92. The number of nitrogens with zero attached hydrogens (tertiary/aromatic N) is 2. The molecule has 2 aromatic rings. The SMILES string of the molecule is Cn1ccc(NC(=O)CCOc2ccc(Br)cc2)n1. The molecule has 0 bridgehead atoms. The third kappa shape index (κ3) is 4.40. The number of anilines is 1. The average molecular weight is 324 g/mol. The number of halogens is 1. The van der Waals surface area contributed by atoms with Crippen LogP contribution in [0, 0.1) is 0 Å². The lowest BCUT2D eigenvalue weighted by atomic mass is 10.3. The number of rotatable bonds is 5. The minimum Gasteiger partial charge on any atom is -0.493 e. The quantitative estimate of drug-likeness (QED) is 0.920. The fraction of sp³-hybridized carbons (Fsp3) is 0.231. The van der Waals surface area contributed by atoms with E-state index in [4.69, 9.17) is 4.74 Å². The minimum atomic E-state index is -0.115. The molecule has 0 spiro atoms. The number of amides is 1. The van der Waals surface area contributed by atoms with Crippen molar-refractivity contribution in [1.29, 1.82) is 0 Å². The molecule has 0 radical (unpaired) electrons. The van der Waals surface area contributed by atoms with E-state index in [-0.39, 0.29) is 12.3 Å². The Balaban J connectivity index is 1.73. The van der Waals surface area contributed by atoms with Gasteiger partial charge in [0.05, 0.1) is 13.0 Å². The van der Waals surface area contributed by atoms with Crippen LogP contribution in [0.2, 0.25) is 0 Å². The lowest BCUT2D eigenvalue weighted by molar-refractivity contribution is -0.116. The lowest BCUT2D eigenvalue weighted by Crippen LogP contribution is -2.15. The second-order valence-electron chi connectivity index (χ2n) is 3.98. The molecular weight excluding hydrogens is 310 g/mol. The zero-order valence-corrected chi connectivity index (χ0v) is 12.1. The Hall–Kier alpha value is -1.82. The molecule has 6 heteroatoms. The summed E-state index contributed by atoms with van der Waals surface area (Å²) in [7, 11) is 1.80. The standard InChI is InChI=1S/C13H14BrN3O2/c1-17-8-6-12(16-17)15-13(18)7-9-19-11-4-2-10(14)3-5-11/h2-6,8H,7,9H2,1H3,(H,15,16,18). The zero-order valence-electron chi connectivity index (χ0n) is 10.5. The highest BCUT2D eigenvalue weighted by Crippen LogP contribution is 2.16. The van der Waals surface area contributed by atoms with Gasteiger partial charge in [0, 0.05) is 23.8 Å². The normalized spacial score (nSPS) is 10.2. The molecule has 1 N–H and O–H groups in total. The maximum absolute atomic E-state index is 11.6. The maximum Gasteiger partial charge on any atom is 0.229 e. The number of carbonyl (C=O) groups is 1. The summed E-state index contributed by atoms with van der Waals surface area (Å²) in [4.78, 5) is 11.6. The van der Waals surface area contributed by atoms with Gasteiger partial charge in [-0.25, -0.2) is 0 Å². The van der Waals surface area contributed by atoms with Gasteiger partial charge >= 0.3 is 0 Å². The Morgan fingerprint density at radius 3 is 2.74 bits per heavy atom. The van der Waals surface area contributed by atoms with Crippen LogP contribution >= 0.6 is 15.9 Å². The molecule has 5 nitrogen and oxygen atoms in total. The second-order valence-corrected chi connectivity index (χ2v) is 4.89. The molecule has 1 heterocycles. The van der Waals surface area contributed by atoms with Crippen LogP contribution in [0.25, 0.3) is 0 Å². The summed E-state index contributed by atoms with van der Waals surface area (Å²) < 4.78 is 8.09. The molecule has 0 aliphatic carbocycles. The van der Waals surface area contributed by atoms with Crippen LogP contribution in [-0.2, 0) is 11.8 Å². The summed E-state index contributed by atoms with van der Waals surface area (Å²) in [6, 6.07) is 9.22. The van der Waals surface area contributed by atoms with Gasteiger partial charge in [-0.15, -0.1) is 0 Å². The highest BCUT2D eigenvalue weighted by Gasteiger charge is 2.04. The van der Waals surface area contributed by atoms with Crippen molar-refractivity contribution in [3.63, 3.8) is 0 Å². The monoisotopic (exact) mass is 323 g/mol. The molecule has 0 saturated heterocycles. The molecule has 0 saturated carbocycles. The van der Waals surface area contributed by atoms with Crippen molar-refractivity contribution in [3.8, 4) is 5.75 Å². The van der Waals surface area contributed by atoms with Crippen molar-refractivity contribution in [2.75, 3.05) is 11.9 Å². The van der Waals surface area contributed by atoms with E-state index in [2.05, 4.69) is 26.3 Å². The Kier molecular flexibility index (Phi) is 4.57. The van der Waals surface area contributed by atoms with Gasteiger partial charge in [-0.1, -0.05) is 15.9 Å². The number of carbonyl (C=O) groups excluding carboxylic acids is 1. The number of ether oxygens (including phenoxy) is 1. The van der Waals surface area contributed by atoms with E-state index in [1.54, 1.807) is 24.0 Å². The number of hydrogen-bond acceptors (Lipinski definition) is 3. The first-order valence-corrected chi connectivity index (χ1v) is 6.60. The highest BCUT2D eigenvalue weighted by molar-refractivity contribution is 9.10. The van der Waals surface area contributed by atoms with E-state index in [9.17, 15) is 4.79 Å². The first-order valence-electron chi connectivity index (χ1n) is 5.81. The van der Waals surface area contributed by atoms with Crippen molar-refractivity contribution in [2.45, 2.75) is 6.42 Å². The van der Waals surface area contributed by atoms with E-state index in [0.717, 1.165) is 10.2 Å². The van der Waals surface area contributed by atoms with Gasteiger partial charge in [-0.05, 0) is 24.3 Å². The van der Waals surface area contributed by atoms with Crippen molar-refractivity contribution in [3.05, 3.63) is 41.0 Å². The van der Waals surface area contributed by atoms with Crippen LogP contribution in [0.3, 0.4) is 0 Å². The molecular formula is C13H14BrN3O2. The molecule has 1 amide bonds. The number of nitrogens with one attached hydrogen (secondary N) is 1. The fourth-order valence-corrected chi connectivity index (χ4v) is 1.74. The maximum atomic E-state index is 11.6. The van der Waals surface area contributed by atoms with Gasteiger partial charge in [0.25, 0.3) is 0 Å². The number of aromatic nitrogens is 2. The molecule has 100 valence electrons. The summed E-state index contributed by atoms with van der Waals surface area (Å²) in [6.07, 6.45) is 2.06. The molecule has 1 aromatic heterocycles. The van der Waals surface area contributed by atoms with Crippen LogP contribution in [0.15, 0.2) is 41.0 Å². The van der Waals surface area contributed by atoms with Crippen LogP contribution in [-0.4, -0.2) is 22.3 Å². The number of aryl methyl sites for hydroxylation is 1. The summed E-state index contributed by atoms with van der Waals surface area (Å²) in [6.45, 7) is 0.334. The molecule has 1 aromatic carbocycles. The Bertz CT molecular complexity index is 551. The molecule has 0 fully saturated rings. The van der Waals surface area contributed by atoms with Crippen molar-refractivity contribution in [2.24, 2.45) is 7.05 Å². The van der Waals surface area contributed by atoms with Crippen molar-refractivity contribution in [1.82, 2.24) is 9.78 Å². The van der Waals surface area contributed by atoms with E-state index in [1.165, 1.54) is 0 Å². The zero-order chi connectivity index (χ0) is 13.7. The van der Waals surface area contributed by atoms with Crippen molar-refractivity contribution < 1.29 is 9.53 Å². The first kappa shape index (κ1) is 13.6. The van der Waals surface area contributed by atoms with Gasteiger partial charge in [0.2, 0.25) is 5.91 Å². The van der Waals surface area contributed by atoms with E-state index in [0.29, 0.717) is 12.4 Å². The predicted molar refractivity (Wildman–Crippen MR) is 76.1 cm³/mol. The van der Waals surface area contributed by atoms with Gasteiger partial charge in [0.15, 0.2) is 5.82 Å². The van der Waals surface area contributed by atoms with Crippen molar-refractivity contribution >= 4 is 27.7 Å². The smallest absolute Gasteiger partial charge is 0.229 e. The molecule has 0 aliphatic rings. The van der Waals surface area contributed by atoms with Gasteiger partial charge in [-0.2, -0.15) is 5.10 Å². The molecule has 19 heavy (non-hydrogen) atoms. The van der Waals surface area contributed by atoms with Crippen LogP contribution in [0.1, 0.15) is 6.42 Å². The first-order chi connectivity index (χ1) is 9.13. The third-order valence-electron chi connectivity index (χ3n) is 2.39. The average Bonchev–Trinajstić information content (AvgIpc) is 2.77. The number of benzene rings is 1.